The van der Waals surface area contributed by atoms with E-state index in [0.717, 1.165) is 0 Å². The lowest BCUT2D eigenvalue weighted by atomic mass is 9.77. The molecule has 3 aromatic rings. The van der Waals surface area contributed by atoms with E-state index in [4.69, 9.17) is 5.73 Å². The number of carboxylic acid groups (broad SMARTS) is 2. The van der Waals surface area contributed by atoms with Crippen molar-refractivity contribution in [3.05, 3.63) is 63.2 Å². The summed E-state index contributed by atoms with van der Waals surface area (Å²) in [5, 5.41) is 71.8. The molecule has 0 aliphatic heterocycles. The summed E-state index contributed by atoms with van der Waals surface area (Å²) in [4.78, 5) is 50.2. The predicted octanol–water partition coefficient (Wildman–Crippen LogP) is 1.55. The van der Waals surface area contributed by atoms with E-state index >= 15 is 0 Å². The van der Waals surface area contributed by atoms with Crippen LogP contribution in [0.1, 0.15) is 58.1 Å². The molecule has 0 amide bonds. The number of hydrogen-bond donors (Lipinski definition) is 8. The van der Waals surface area contributed by atoms with Crippen molar-refractivity contribution >= 4 is 23.5 Å². The summed E-state index contributed by atoms with van der Waals surface area (Å²) in [6.45, 7) is 0.206. The Labute approximate surface area is 200 Å². The number of carboxylic acids is 2. The third-order valence-electron chi connectivity index (χ3n) is 5.84. The number of ketones is 2. The second-order valence-electron chi connectivity index (χ2n) is 7.90. The highest BCUT2D eigenvalue weighted by Gasteiger charge is 2.43. The molecule has 0 heterocycles. The fraction of sp³-hybridized carbons (Fsp3) is 0.0833. The molecule has 36 heavy (non-hydrogen) atoms. The lowest BCUT2D eigenvalue weighted by Crippen LogP contribution is -2.26. The van der Waals surface area contributed by atoms with Crippen LogP contribution in [-0.2, 0) is 6.42 Å². The number of fused-ring (bicyclic) bond motifs is 2. The molecule has 0 aromatic heterocycles. The SMILES string of the molecule is NCCc1ccc(O)c(-c2c(O)c(O)c3c(c2O)C(=O)c2c(cc(O)c(C(=O)O)c2C(=O)O)C3=O)c1. The zero-order valence-electron chi connectivity index (χ0n) is 18.1. The summed E-state index contributed by atoms with van der Waals surface area (Å²) < 4.78 is 0. The van der Waals surface area contributed by atoms with Crippen LogP contribution in [0.5, 0.6) is 28.7 Å². The first-order valence-corrected chi connectivity index (χ1v) is 10.2. The van der Waals surface area contributed by atoms with Crippen LogP contribution in [0, 0.1) is 0 Å². The van der Waals surface area contributed by atoms with Crippen LogP contribution in [0.2, 0.25) is 0 Å². The second-order valence-corrected chi connectivity index (χ2v) is 7.90. The van der Waals surface area contributed by atoms with E-state index in [9.17, 15) is 54.9 Å². The van der Waals surface area contributed by atoms with Crippen LogP contribution in [0.3, 0.4) is 0 Å². The summed E-state index contributed by atoms with van der Waals surface area (Å²) in [6, 6.07) is 4.58. The van der Waals surface area contributed by atoms with Crippen LogP contribution in [0.4, 0.5) is 0 Å². The first-order valence-electron chi connectivity index (χ1n) is 10.2. The van der Waals surface area contributed by atoms with Crippen molar-refractivity contribution in [3.8, 4) is 39.9 Å². The first-order chi connectivity index (χ1) is 16.9. The molecule has 0 bridgehead atoms. The number of aromatic carboxylic acids is 2. The van der Waals surface area contributed by atoms with Gasteiger partial charge < -0.3 is 41.5 Å². The van der Waals surface area contributed by atoms with Crippen molar-refractivity contribution in [2.24, 2.45) is 5.73 Å². The molecule has 0 saturated heterocycles. The van der Waals surface area contributed by atoms with Gasteiger partial charge in [0.1, 0.15) is 22.8 Å². The quantitative estimate of drug-likeness (QED) is 0.145. The van der Waals surface area contributed by atoms with E-state index in [1.54, 1.807) is 0 Å². The van der Waals surface area contributed by atoms with E-state index in [1.807, 2.05) is 0 Å². The van der Waals surface area contributed by atoms with Gasteiger partial charge in [0.05, 0.1) is 22.3 Å². The minimum atomic E-state index is -1.96. The normalized spacial score (nSPS) is 12.2. The summed E-state index contributed by atoms with van der Waals surface area (Å²) >= 11 is 0. The van der Waals surface area contributed by atoms with Crippen molar-refractivity contribution in [1.29, 1.82) is 0 Å². The molecule has 3 aromatic carbocycles. The third kappa shape index (κ3) is 3.27. The molecule has 9 N–H and O–H groups in total. The van der Waals surface area contributed by atoms with Crippen LogP contribution in [0.15, 0.2) is 24.3 Å². The Hall–Kier alpha value is -5.10. The Morgan fingerprint density at radius 2 is 1.25 bits per heavy atom. The smallest absolute Gasteiger partial charge is 0.340 e. The number of nitrogens with two attached hydrogens (primary N) is 1. The van der Waals surface area contributed by atoms with E-state index in [-0.39, 0.29) is 12.1 Å². The Bertz CT molecular complexity index is 1540. The number of phenols is 5. The van der Waals surface area contributed by atoms with Gasteiger partial charge in [0, 0.05) is 16.7 Å². The average molecular weight is 495 g/mol. The van der Waals surface area contributed by atoms with Gasteiger partial charge in [0.2, 0.25) is 0 Å². The molecular formula is C24H17NO11. The van der Waals surface area contributed by atoms with E-state index < -0.39 is 91.2 Å². The van der Waals surface area contributed by atoms with E-state index in [0.29, 0.717) is 18.1 Å². The highest BCUT2D eigenvalue weighted by molar-refractivity contribution is 6.34. The molecule has 184 valence electrons. The Balaban J connectivity index is 2.11. The molecule has 0 spiro atoms. The molecule has 0 atom stereocenters. The highest BCUT2D eigenvalue weighted by Crippen LogP contribution is 2.53. The molecular weight excluding hydrogens is 478 g/mol. The summed E-state index contributed by atoms with van der Waals surface area (Å²) in [7, 11) is 0. The number of carbonyl (C=O) groups excluding carboxylic acids is 2. The van der Waals surface area contributed by atoms with Gasteiger partial charge in [-0.2, -0.15) is 0 Å². The van der Waals surface area contributed by atoms with Crippen molar-refractivity contribution in [3.63, 3.8) is 0 Å². The number of benzene rings is 3. The molecule has 0 saturated carbocycles. The predicted molar refractivity (Wildman–Crippen MR) is 120 cm³/mol. The average Bonchev–Trinajstić information content (AvgIpc) is 2.80. The number of rotatable bonds is 5. The van der Waals surface area contributed by atoms with Gasteiger partial charge in [-0.1, -0.05) is 6.07 Å². The lowest BCUT2D eigenvalue weighted by molar-refractivity contribution is 0.0646. The zero-order chi connectivity index (χ0) is 26.6. The maximum Gasteiger partial charge on any atom is 0.340 e. The van der Waals surface area contributed by atoms with Gasteiger partial charge in [0.15, 0.2) is 23.1 Å². The van der Waals surface area contributed by atoms with Crippen LogP contribution in [-0.4, -0.2) is 65.8 Å². The van der Waals surface area contributed by atoms with Gasteiger partial charge in [-0.25, -0.2) is 9.59 Å². The largest absolute Gasteiger partial charge is 0.507 e. The molecule has 1 aliphatic rings. The molecule has 0 fully saturated rings. The molecule has 0 radical (unpaired) electrons. The van der Waals surface area contributed by atoms with E-state index in [2.05, 4.69) is 0 Å². The lowest BCUT2D eigenvalue weighted by Gasteiger charge is -2.24. The van der Waals surface area contributed by atoms with Crippen molar-refractivity contribution in [1.82, 2.24) is 0 Å². The topological polar surface area (TPSA) is 236 Å². The van der Waals surface area contributed by atoms with Crippen LogP contribution in [0.25, 0.3) is 11.1 Å². The maximum absolute atomic E-state index is 13.5. The number of aromatic hydroxyl groups is 5. The summed E-state index contributed by atoms with van der Waals surface area (Å²) in [5.41, 5.74) is -0.701. The van der Waals surface area contributed by atoms with Gasteiger partial charge in [-0.15, -0.1) is 0 Å². The van der Waals surface area contributed by atoms with Gasteiger partial charge in [-0.05, 0) is 36.7 Å². The van der Waals surface area contributed by atoms with Gasteiger partial charge in [-0.3, -0.25) is 9.59 Å². The number of carbonyl (C=O) groups is 4. The third-order valence-corrected chi connectivity index (χ3v) is 5.84. The monoisotopic (exact) mass is 495 g/mol. The summed E-state index contributed by atoms with van der Waals surface area (Å²) in [6.07, 6.45) is 0.319. The standard InChI is InChI=1S/C24H17NO11/c25-4-3-7-1-2-10(26)8(5-7)13-20(30)17-16(22(32)21(13)31)18(28)9-6-11(27)14(23(33)34)15(24(35)36)12(9)19(17)29/h1-2,5-6,26-27,30-32H,3-4,25H2,(H,33,34)(H,35,36). The summed E-state index contributed by atoms with van der Waals surface area (Å²) in [5.74, 6) is -11.4. The Morgan fingerprint density at radius 3 is 1.83 bits per heavy atom. The van der Waals surface area contributed by atoms with Gasteiger partial charge >= 0.3 is 11.9 Å². The van der Waals surface area contributed by atoms with Crippen molar-refractivity contribution in [2.45, 2.75) is 6.42 Å². The second kappa shape index (κ2) is 8.29. The fourth-order valence-corrected chi connectivity index (χ4v) is 4.29. The minimum Gasteiger partial charge on any atom is -0.507 e. The number of hydrogen-bond acceptors (Lipinski definition) is 10. The Morgan fingerprint density at radius 1 is 0.667 bits per heavy atom. The first kappa shape index (κ1) is 24.0. The van der Waals surface area contributed by atoms with Crippen LogP contribution >= 0.6 is 0 Å². The van der Waals surface area contributed by atoms with Gasteiger partial charge in [0.25, 0.3) is 0 Å². The Kier molecular flexibility index (Phi) is 5.53. The maximum atomic E-state index is 13.5. The molecule has 12 heteroatoms. The fourth-order valence-electron chi connectivity index (χ4n) is 4.29. The molecule has 1 aliphatic carbocycles. The van der Waals surface area contributed by atoms with Crippen molar-refractivity contribution < 1.29 is 54.9 Å². The van der Waals surface area contributed by atoms with Crippen LogP contribution < -0.4 is 5.73 Å². The minimum absolute atomic E-state index is 0.206. The zero-order valence-corrected chi connectivity index (χ0v) is 18.1. The highest BCUT2D eigenvalue weighted by atomic mass is 16.4. The number of phenolic OH excluding ortho intramolecular Hbond substituents is 4. The molecule has 4 rings (SSSR count). The molecule has 0 unspecified atom stereocenters. The van der Waals surface area contributed by atoms with E-state index in [1.165, 1.54) is 18.2 Å². The molecule has 12 nitrogen and oxygen atoms in total. The van der Waals surface area contributed by atoms with Crippen molar-refractivity contribution in [2.75, 3.05) is 6.54 Å².